The minimum Gasteiger partial charge on any atom is -0.349 e. The topological polar surface area (TPSA) is 65.8 Å². The number of hydrogen-bond acceptors (Lipinski definition) is 3. The molecule has 31 heavy (non-hydrogen) atoms. The number of piperazine rings is 1. The van der Waals surface area contributed by atoms with E-state index >= 15 is 0 Å². The molecule has 1 fully saturated rings. The molecule has 0 saturated carbocycles. The Morgan fingerprint density at radius 3 is 2.58 bits per heavy atom. The summed E-state index contributed by atoms with van der Waals surface area (Å²) >= 11 is 5.95. The van der Waals surface area contributed by atoms with E-state index in [1.807, 2.05) is 59.3 Å². The first-order chi connectivity index (χ1) is 14.5. The maximum Gasteiger partial charge on any atom is 0.242 e. The van der Waals surface area contributed by atoms with Crippen molar-refractivity contribution >= 4 is 58.5 Å². The van der Waals surface area contributed by atoms with Gasteiger partial charge >= 0.3 is 0 Å². The Morgan fingerprint density at radius 2 is 1.90 bits per heavy atom. The van der Waals surface area contributed by atoms with Crippen molar-refractivity contribution < 1.29 is 4.79 Å². The van der Waals surface area contributed by atoms with Crippen LogP contribution in [-0.2, 0) is 24.9 Å². The van der Waals surface area contributed by atoms with Crippen molar-refractivity contribution in [3.05, 3.63) is 64.9 Å². The van der Waals surface area contributed by atoms with E-state index in [1.165, 1.54) is 0 Å². The Hall–Kier alpha value is -2.33. The third-order valence-corrected chi connectivity index (χ3v) is 5.65. The molecule has 0 unspecified atom stereocenters. The average Bonchev–Trinajstić information content (AvgIpc) is 3.08. The summed E-state index contributed by atoms with van der Waals surface area (Å²) < 4.78 is 2.07. The van der Waals surface area contributed by atoms with Gasteiger partial charge in [-0.05, 0) is 29.8 Å². The second-order valence-corrected chi connectivity index (χ2v) is 7.78. The van der Waals surface area contributed by atoms with Crippen molar-refractivity contribution in [3.8, 4) is 0 Å². The van der Waals surface area contributed by atoms with Gasteiger partial charge in [-0.1, -0.05) is 35.9 Å². The monoisotopic (exact) mass is 552 g/mol. The molecule has 164 valence electrons. The third-order valence-electron chi connectivity index (χ3n) is 5.40. The van der Waals surface area contributed by atoms with E-state index < -0.39 is 0 Å². The summed E-state index contributed by atoms with van der Waals surface area (Å²) in [6.07, 6.45) is 0. The normalized spacial score (nSPS) is 14.7. The Labute approximate surface area is 204 Å². The summed E-state index contributed by atoms with van der Waals surface area (Å²) in [6.45, 7) is 2.80. The highest BCUT2D eigenvalue weighted by molar-refractivity contribution is 14.0. The highest BCUT2D eigenvalue weighted by atomic mass is 127. The molecule has 4 rings (SSSR count). The molecular formula is C22H26ClIN6O. The van der Waals surface area contributed by atoms with E-state index in [9.17, 15) is 4.79 Å². The largest absolute Gasteiger partial charge is 0.349 e. The molecule has 1 aliphatic rings. The Morgan fingerprint density at radius 1 is 1.16 bits per heavy atom. The van der Waals surface area contributed by atoms with Crippen LogP contribution < -0.4 is 5.32 Å². The number of fused-ring (bicyclic) bond motifs is 1. The molecule has 1 amide bonds. The summed E-state index contributed by atoms with van der Waals surface area (Å²) in [5.74, 6) is 1.72. The maximum atomic E-state index is 12.7. The Balaban J connectivity index is 0.00000272. The minimum absolute atomic E-state index is 0. The lowest BCUT2D eigenvalue weighted by Crippen LogP contribution is -2.54. The third kappa shape index (κ3) is 5.30. The molecule has 7 nitrogen and oxygen atoms in total. The van der Waals surface area contributed by atoms with Gasteiger partial charge in [0.25, 0.3) is 0 Å². The quantitative estimate of drug-likeness (QED) is 0.307. The number of imidazole rings is 1. The second-order valence-electron chi connectivity index (χ2n) is 7.34. The molecule has 2 heterocycles. The Kier molecular flexibility index (Phi) is 7.77. The Bertz CT molecular complexity index is 1080. The number of nitrogens with zero attached hydrogens (tertiary/aromatic N) is 5. The van der Waals surface area contributed by atoms with E-state index in [0.717, 1.165) is 29.0 Å². The molecule has 2 aromatic carbocycles. The molecule has 1 aromatic heterocycles. The zero-order valence-electron chi connectivity index (χ0n) is 17.6. The summed E-state index contributed by atoms with van der Waals surface area (Å²) in [4.78, 5) is 25.6. The molecule has 0 radical (unpaired) electrons. The smallest absolute Gasteiger partial charge is 0.242 e. The summed E-state index contributed by atoms with van der Waals surface area (Å²) in [7, 11) is 3.75. The molecule has 0 atom stereocenters. The summed E-state index contributed by atoms with van der Waals surface area (Å²) in [5, 5.41) is 4.06. The van der Waals surface area contributed by atoms with Gasteiger partial charge in [-0.2, -0.15) is 0 Å². The summed E-state index contributed by atoms with van der Waals surface area (Å²) in [5.41, 5.74) is 3.14. The molecule has 0 aliphatic carbocycles. The fourth-order valence-corrected chi connectivity index (χ4v) is 3.84. The van der Waals surface area contributed by atoms with Crippen LogP contribution in [0.2, 0.25) is 5.02 Å². The van der Waals surface area contributed by atoms with Gasteiger partial charge in [-0.3, -0.25) is 9.79 Å². The van der Waals surface area contributed by atoms with E-state index in [0.29, 0.717) is 37.2 Å². The number of para-hydroxylation sites is 2. The van der Waals surface area contributed by atoms with Crippen LogP contribution in [0.5, 0.6) is 0 Å². The van der Waals surface area contributed by atoms with Crippen molar-refractivity contribution in [1.29, 1.82) is 0 Å². The van der Waals surface area contributed by atoms with Crippen LogP contribution >= 0.6 is 35.6 Å². The van der Waals surface area contributed by atoms with Crippen molar-refractivity contribution in [2.24, 2.45) is 12.0 Å². The van der Waals surface area contributed by atoms with Crippen LogP contribution in [0.15, 0.2) is 53.5 Å². The van der Waals surface area contributed by atoms with Crippen molar-refractivity contribution in [1.82, 2.24) is 24.7 Å². The summed E-state index contributed by atoms with van der Waals surface area (Å²) in [6, 6.07) is 15.7. The fourth-order valence-electron chi connectivity index (χ4n) is 3.71. The highest BCUT2D eigenvalue weighted by Gasteiger charge is 2.26. The first-order valence-electron chi connectivity index (χ1n) is 9.93. The van der Waals surface area contributed by atoms with Gasteiger partial charge in [-0.15, -0.1) is 24.0 Å². The zero-order chi connectivity index (χ0) is 21.1. The number of amides is 1. The van der Waals surface area contributed by atoms with Gasteiger partial charge in [0.2, 0.25) is 5.91 Å². The molecular weight excluding hydrogens is 527 g/mol. The number of benzene rings is 2. The lowest BCUT2D eigenvalue weighted by molar-refractivity contribution is -0.135. The molecule has 9 heteroatoms. The molecule has 1 N–H and O–H groups in total. The van der Waals surface area contributed by atoms with E-state index in [2.05, 4.69) is 25.9 Å². The number of hydrogen-bond donors (Lipinski definition) is 1. The first kappa shape index (κ1) is 23.3. The van der Waals surface area contributed by atoms with Gasteiger partial charge in [0.1, 0.15) is 5.82 Å². The van der Waals surface area contributed by atoms with Crippen LogP contribution in [0.1, 0.15) is 11.4 Å². The molecule has 1 saturated heterocycles. The SMILES string of the molecule is CN=C(NCc1nc2ccccc2n1C)N1CCN(Cc2ccc(Cl)cc2)C(=O)C1.I. The van der Waals surface area contributed by atoms with Crippen LogP contribution in [0.25, 0.3) is 11.0 Å². The van der Waals surface area contributed by atoms with Crippen LogP contribution in [0.3, 0.4) is 0 Å². The molecule has 3 aromatic rings. The van der Waals surface area contributed by atoms with Crippen LogP contribution in [-0.4, -0.2) is 57.9 Å². The van der Waals surface area contributed by atoms with E-state index in [4.69, 9.17) is 11.6 Å². The van der Waals surface area contributed by atoms with Gasteiger partial charge in [0.15, 0.2) is 5.96 Å². The number of carbonyl (C=O) groups is 1. The van der Waals surface area contributed by atoms with Crippen LogP contribution in [0.4, 0.5) is 0 Å². The zero-order valence-corrected chi connectivity index (χ0v) is 20.7. The van der Waals surface area contributed by atoms with Crippen molar-refractivity contribution in [2.75, 3.05) is 26.7 Å². The number of rotatable bonds is 4. The van der Waals surface area contributed by atoms with Gasteiger partial charge in [0.05, 0.1) is 24.1 Å². The number of aliphatic imine (C=N–C) groups is 1. The average molecular weight is 553 g/mol. The lowest BCUT2D eigenvalue weighted by Gasteiger charge is -2.36. The highest BCUT2D eigenvalue weighted by Crippen LogP contribution is 2.15. The van der Waals surface area contributed by atoms with Crippen LogP contribution in [0, 0.1) is 0 Å². The van der Waals surface area contributed by atoms with Crippen molar-refractivity contribution in [2.45, 2.75) is 13.1 Å². The van der Waals surface area contributed by atoms with E-state index in [-0.39, 0.29) is 29.9 Å². The maximum absolute atomic E-state index is 12.7. The standard InChI is InChI=1S/C22H25ClN6O.HI/c1-24-22(25-13-20-26-18-5-3-4-6-19(18)27(20)2)29-12-11-28(21(30)15-29)14-16-7-9-17(23)10-8-16;/h3-10H,11-15H2,1-2H3,(H,24,25);1H. The van der Waals surface area contributed by atoms with E-state index in [1.54, 1.807) is 7.05 Å². The van der Waals surface area contributed by atoms with Gasteiger partial charge in [0, 0.05) is 38.8 Å². The number of carbonyl (C=O) groups excluding carboxylic acids is 1. The number of guanidine groups is 1. The molecule has 1 aliphatic heterocycles. The molecule has 0 spiro atoms. The lowest BCUT2D eigenvalue weighted by atomic mass is 10.2. The van der Waals surface area contributed by atoms with Gasteiger partial charge in [-0.25, -0.2) is 4.98 Å². The molecule has 0 bridgehead atoms. The van der Waals surface area contributed by atoms with Gasteiger partial charge < -0.3 is 19.7 Å². The van der Waals surface area contributed by atoms with Crippen molar-refractivity contribution in [3.63, 3.8) is 0 Å². The predicted molar refractivity (Wildman–Crippen MR) is 135 cm³/mol. The fraction of sp³-hybridized carbons (Fsp3) is 0.318. The number of aryl methyl sites for hydroxylation is 1. The number of nitrogens with one attached hydrogen (secondary N) is 1. The minimum atomic E-state index is 0. The second kappa shape index (κ2) is 10.3. The number of aromatic nitrogens is 2. The predicted octanol–water partition coefficient (Wildman–Crippen LogP) is 3.26. The first-order valence-corrected chi connectivity index (χ1v) is 10.3. The number of halogens is 2.